The minimum Gasteiger partial charge on any atom is -0.462 e. The van der Waals surface area contributed by atoms with Crippen LogP contribution in [0.25, 0.3) is 0 Å². The van der Waals surface area contributed by atoms with Gasteiger partial charge in [0.25, 0.3) is 0 Å². The van der Waals surface area contributed by atoms with Crippen LogP contribution in [-0.2, 0) is 14.3 Å². The average molecular weight is 911 g/mol. The van der Waals surface area contributed by atoms with Crippen LogP contribution in [0.4, 0.5) is 0 Å². The van der Waals surface area contributed by atoms with Crippen LogP contribution in [0.2, 0.25) is 0 Å². The van der Waals surface area contributed by atoms with Gasteiger partial charge in [-0.05, 0) is 96.3 Å². The summed E-state index contributed by atoms with van der Waals surface area (Å²) in [5.41, 5.74) is 0. The molecule has 0 bridgehead atoms. The monoisotopic (exact) mass is 910 g/mol. The van der Waals surface area contributed by atoms with Crippen molar-refractivity contribution in [2.45, 2.75) is 296 Å². The van der Waals surface area contributed by atoms with Gasteiger partial charge in [-0.15, -0.1) is 0 Å². The van der Waals surface area contributed by atoms with Gasteiger partial charge in [0.15, 0.2) is 0 Å². The highest BCUT2D eigenvalue weighted by molar-refractivity contribution is 5.77. The van der Waals surface area contributed by atoms with E-state index in [2.05, 4.69) is 86.8 Å². The van der Waals surface area contributed by atoms with Gasteiger partial charge in [0.1, 0.15) is 6.10 Å². The Morgan fingerprint density at radius 2 is 0.785 bits per heavy atom. The minimum atomic E-state index is -0.797. The molecule has 0 rings (SSSR count). The first-order chi connectivity index (χ1) is 32.0. The number of carbonyl (C=O) groups is 2. The first-order valence-electron chi connectivity index (χ1n) is 28.0. The smallest absolute Gasteiger partial charge is 0.306 e. The molecule has 0 heterocycles. The Labute approximate surface area is 403 Å². The van der Waals surface area contributed by atoms with Gasteiger partial charge < -0.3 is 20.3 Å². The first kappa shape index (κ1) is 62.6. The molecule has 3 unspecified atom stereocenters. The van der Waals surface area contributed by atoms with E-state index in [-0.39, 0.29) is 24.9 Å². The number of unbranched alkanes of at least 4 members (excludes halogenated alkanes) is 28. The first-order valence-corrected chi connectivity index (χ1v) is 28.0. The third-order valence-corrected chi connectivity index (χ3v) is 12.6. The summed E-state index contributed by atoms with van der Waals surface area (Å²) in [6.45, 7) is 6.43. The molecule has 3 atom stereocenters. The highest BCUT2D eigenvalue weighted by Gasteiger charge is 2.24. The normalized spacial score (nSPS) is 13.6. The molecule has 0 radical (unpaired) electrons. The molecular weight excluding hydrogens is 803 g/mol. The summed E-state index contributed by atoms with van der Waals surface area (Å²) in [6, 6.07) is -0.712. The van der Waals surface area contributed by atoms with Crippen LogP contribution < -0.4 is 5.32 Å². The summed E-state index contributed by atoms with van der Waals surface area (Å²) < 4.78 is 5.95. The second kappa shape index (κ2) is 52.5. The lowest BCUT2D eigenvalue weighted by Gasteiger charge is -2.24. The Morgan fingerprint density at radius 1 is 0.446 bits per heavy atom. The molecule has 0 fully saturated rings. The van der Waals surface area contributed by atoms with E-state index < -0.39 is 18.2 Å². The molecule has 0 aliphatic carbocycles. The summed E-state index contributed by atoms with van der Waals surface area (Å²) in [5.74, 6) is -0.499. The van der Waals surface area contributed by atoms with Gasteiger partial charge in [0.05, 0.1) is 25.2 Å². The highest BCUT2D eigenvalue weighted by Crippen LogP contribution is 2.18. The molecule has 0 spiro atoms. The molecule has 378 valence electrons. The van der Waals surface area contributed by atoms with Crippen molar-refractivity contribution in [1.82, 2.24) is 5.32 Å². The SMILES string of the molecule is CCCCC/C=C\C/C=C\C/C=C\CCCCCCC(CC(=O)NC(CO)C(O)CCCCCCCCCCCCCC)OC(=O)CCCCCCCCC/C=C\C/C=C\CCCCC. The molecule has 65 heavy (non-hydrogen) atoms. The Kier molecular flexibility index (Phi) is 50.6. The number of aliphatic hydroxyl groups is 2. The van der Waals surface area contributed by atoms with E-state index >= 15 is 0 Å². The zero-order valence-electron chi connectivity index (χ0n) is 43.1. The van der Waals surface area contributed by atoms with Gasteiger partial charge in [0, 0.05) is 6.42 Å². The van der Waals surface area contributed by atoms with Crippen LogP contribution in [0.1, 0.15) is 278 Å². The molecule has 0 aliphatic heterocycles. The molecule has 3 N–H and O–H groups in total. The molecule has 6 heteroatoms. The number of ether oxygens (including phenoxy) is 1. The Hall–Kier alpha value is -2.44. The van der Waals surface area contributed by atoms with Crippen LogP contribution in [0.15, 0.2) is 60.8 Å². The Balaban J connectivity index is 4.63. The number of carbonyl (C=O) groups excluding carboxylic acids is 2. The molecule has 0 aromatic heterocycles. The van der Waals surface area contributed by atoms with Gasteiger partial charge in [-0.25, -0.2) is 0 Å². The number of rotatable bonds is 50. The average Bonchev–Trinajstić information content (AvgIpc) is 3.30. The number of esters is 1. The van der Waals surface area contributed by atoms with E-state index in [4.69, 9.17) is 4.74 Å². The molecule has 0 aromatic rings. The van der Waals surface area contributed by atoms with E-state index in [1.165, 1.54) is 135 Å². The number of hydrogen-bond acceptors (Lipinski definition) is 5. The van der Waals surface area contributed by atoms with Gasteiger partial charge in [-0.2, -0.15) is 0 Å². The summed E-state index contributed by atoms with van der Waals surface area (Å²) in [7, 11) is 0. The maximum absolute atomic E-state index is 13.2. The van der Waals surface area contributed by atoms with Crippen molar-refractivity contribution in [3.05, 3.63) is 60.8 Å². The van der Waals surface area contributed by atoms with Crippen LogP contribution in [0.3, 0.4) is 0 Å². The third-order valence-electron chi connectivity index (χ3n) is 12.6. The van der Waals surface area contributed by atoms with Crippen LogP contribution in [0.5, 0.6) is 0 Å². The topological polar surface area (TPSA) is 95.9 Å². The maximum Gasteiger partial charge on any atom is 0.306 e. The molecule has 0 saturated heterocycles. The van der Waals surface area contributed by atoms with Crippen molar-refractivity contribution in [1.29, 1.82) is 0 Å². The van der Waals surface area contributed by atoms with Crippen molar-refractivity contribution >= 4 is 11.9 Å². The van der Waals surface area contributed by atoms with E-state index in [1.807, 2.05) is 0 Å². The van der Waals surface area contributed by atoms with Crippen LogP contribution >= 0.6 is 0 Å². The zero-order chi connectivity index (χ0) is 47.4. The lowest BCUT2D eigenvalue weighted by Crippen LogP contribution is -2.46. The van der Waals surface area contributed by atoms with Crippen LogP contribution in [-0.4, -0.2) is 46.9 Å². The van der Waals surface area contributed by atoms with E-state index in [9.17, 15) is 19.8 Å². The number of amides is 1. The highest BCUT2D eigenvalue weighted by atomic mass is 16.5. The minimum absolute atomic E-state index is 0.0589. The van der Waals surface area contributed by atoms with Gasteiger partial charge in [-0.1, -0.05) is 229 Å². The van der Waals surface area contributed by atoms with Crippen molar-refractivity contribution in [3.8, 4) is 0 Å². The van der Waals surface area contributed by atoms with Crippen molar-refractivity contribution in [3.63, 3.8) is 0 Å². The van der Waals surface area contributed by atoms with Crippen molar-refractivity contribution in [2.75, 3.05) is 6.61 Å². The molecule has 6 nitrogen and oxygen atoms in total. The number of nitrogens with one attached hydrogen (secondary N) is 1. The third kappa shape index (κ3) is 47.8. The number of allylic oxidation sites excluding steroid dienone is 10. The predicted molar refractivity (Wildman–Crippen MR) is 282 cm³/mol. The lowest BCUT2D eigenvalue weighted by molar-refractivity contribution is -0.151. The number of hydrogen-bond donors (Lipinski definition) is 3. The summed E-state index contributed by atoms with van der Waals surface area (Å²) in [6.07, 6.45) is 65.6. The van der Waals surface area contributed by atoms with E-state index in [0.29, 0.717) is 19.3 Å². The van der Waals surface area contributed by atoms with E-state index in [0.717, 1.165) is 96.3 Å². The summed E-state index contributed by atoms with van der Waals surface area (Å²) >= 11 is 0. The van der Waals surface area contributed by atoms with Gasteiger partial charge in [-0.3, -0.25) is 9.59 Å². The second-order valence-electron chi connectivity index (χ2n) is 19.0. The molecule has 1 amide bonds. The molecule has 0 aliphatic rings. The summed E-state index contributed by atoms with van der Waals surface area (Å²) in [4.78, 5) is 26.2. The fourth-order valence-corrected chi connectivity index (χ4v) is 8.29. The lowest BCUT2D eigenvalue weighted by atomic mass is 10.0. The Bertz CT molecular complexity index is 1160. The van der Waals surface area contributed by atoms with Gasteiger partial charge in [0.2, 0.25) is 5.91 Å². The second-order valence-corrected chi connectivity index (χ2v) is 19.0. The molecule has 0 aromatic carbocycles. The van der Waals surface area contributed by atoms with Crippen molar-refractivity contribution in [2.24, 2.45) is 0 Å². The van der Waals surface area contributed by atoms with Gasteiger partial charge >= 0.3 is 5.97 Å². The molecular formula is C59H107NO5. The van der Waals surface area contributed by atoms with E-state index in [1.54, 1.807) is 0 Å². The maximum atomic E-state index is 13.2. The number of aliphatic hydroxyl groups excluding tert-OH is 2. The van der Waals surface area contributed by atoms with Crippen LogP contribution in [0, 0.1) is 0 Å². The largest absolute Gasteiger partial charge is 0.462 e. The standard InChI is InChI=1S/C59H107NO5/c1-4-7-10-13-16-19-22-25-27-29-31-33-35-38-41-44-47-50-55(65-59(64)52-49-46-43-40-37-34-32-30-28-26-23-20-17-14-11-8-5-2)53-58(63)60-56(54-61)57(62)51-48-45-42-39-36-24-21-18-15-12-9-6-3/h16-17,19-20,25-28,31,33,55-57,61-62H,4-15,18,21-24,29-30,32,34-54H2,1-3H3,(H,60,63)/b19-16-,20-17-,27-25-,28-26-,33-31-. The Morgan fingerprint density at radius 3 is 1.22 bits per heavy atom. The fourth-order valence-electron chi connectivity index (χ4n) is 8.29. The predicted octanol–water partition coefficient (Wildman–Crippen LogP) is 17.2. The van der Waals surface area contributed by atoms with Crippen molar-refractivity contribution < 1.29 is 24.5 Å². The quantitative estimate of drug-likeness (QED) is 0.0321. The summed E-state index contributed by atoms with van der Waals surface area (Å²) in [5, 5.41) is 23.8. The molecule has 0 saturated carbocycles. The fraction of sp³-hybridized carbons (Fsp3) is 0.797. The zero-order valence-corrected chi connectivity index (χ0v) is 43.1.